The first-order valence-electron chi connectivity index (χ1n) is 9.98. The Morgan fingerprint density at radius 1 is 0.788 bits per heavy atom. The topological polar surface area (TPSA) is 109 Å². The van der Waals surface area contributed by atoms with E-state index >= 15 is 0 Å². The van der Waals surface area contributed by atoms with E-state index < -0.39 is 15.8 Å². The number of nitrogens with zero attached hydrogens (tertiary/aromatic N) is 3. The molecule has 4 aromatic rings. The molecule has 0 saturated heterocycles. The highest BCUT2D eigenvalue weighted by molar-refractivity contribution is 7.92. The second-order valence-electron chi connectivity index (χ2n) is 7.29. The summed E-state index contributed by atoms with van der Waals surface area (Å²) in [5, 5.41) is 6.33. The molecule has 0 amide bonds. The van der Waals surface area contributed by atoms with Crippen LogP contribution in [0.4, 0.5) is 33.2 Å². The van der Waals surface area contributed by atoms with E-state index in [0.29, 0.717) is 34.7 Å². The fourth-order valence-corrected chi connectivity index (χ4v) is 4.14. The molecule has 3 N–H and O–H groups in total. The lowest BCUT2D eigenvalue weighted by Gasteiger charge is -2.11. The van der Waals surface area contributed by atoms with E-state index in [0.717, 1.165) is 11.6 Å². The van der Waals surface area contributed by atoms with Gasteiger partial charge in [-0.25, -0.2) is 27.8 Å². The predicted molar refractivity (Wildman–Crippen MR) is 126 cm³/mol. The minimum Gasteiger partial charge on any atom is -0.340 e. The van der Waals surface area contributed by atoms with Crippen LogP contribution < -0.4 is 15.4 Å². The fraction of sp³-hybridized carbons (Fsp3) is 0.0870. The minimum atomic E-state index is -3.90. The van der Waals surface area contributed by atoms with Gasteiger partial charge in [0.1, 0.15) is 29.1 Å². The number of hydrogen-bond donors (Lipinski definition) is 3. The Labute approximate surface area is 191 Å². The molecule has 2 aromatic heterocycles. The molecule has 0 atom stereocenters. The van der Waals surface area contributed by atoms with Gasteiger partial charge in [0.05, 0.1) is 4.90 Å². The van der Waals surface area contributed by atoms with Crippen molar-refractivity contribution < 1.29 is 12.8 Å². The van der Waals surface area contributed by atoms with Gasteiger partial charge in [0, 0.05) is 23.6 Å². The lowest BCUT2D eigenvalue weighted by Crippen LogP contribution is -2.13. The lowest BCUT2D eigenvalue weighted by molar-refractivity contribution is 0.595. The van der Waals surface area contributed by atoms with Crippen molar-refractivity contribution in [3.63, 3.8) is 0 Å². The van der Waals surface area contributed by atoms with Crippen molar-refractivity contribution in [2.45, 2.75) is 18.7 Å². The maximum atomic E-state index is 13.4. The van der Waals surface area contributed by atoms with E-state index in [1.54, 1.807) is 43.5 Å². The summed E-state index contributed by atoms with van der Waals surface area (Å²) in [6.45, 7) is 3.76. The van der Waals surface area contributed by atoms with Gasteiger partial charge in [-0.15, -0.1) is 0 Å². The molecule has 0 aliphatic heterocycles. The number of aryl methyl sites for hydroxylation is 2. The number of aromatic nitrogens is 3. The van der Waals surface area contributed by atoms with Crippen LogP contribution in [0.15, 0.2) is 77.8 Å². The molecule has 10 heteroatoms. The summed E-state index contributed by atoms with van der Waals surface area (Å²) in [5.74, 6) is 1.77. The standard InChI is InChI=1S/C23H21FN6O2S/c1-15-10-11-25-21(12-15)29-23-14-22(26-16(2)27-23)28-18-6-8-19(9-7-18)30-33(31,32)20-5-3-4-17(24)13-20/h3-14,30H,1-2H3,(H2,25,26,27,28,29). The maximum Gasteiger partial charge on any atom is 0.261 e. The van der Waals surface area contributed by atoms with E-state index in [-0.39, 0.29) is 4.90 Å². The number of benzene rings is 2. The zero-order chi connectivity index (χ0) is 23.4. The van der Waals surface area contributed by atoms with Crippen LogP contribution in [0.25, 0.3) is 0 Å². The molecule has 0 aliphatic carbocycles. The summed E-state index contributed by atoms with van der Waals surface area (Å²) < 4.78 is 40.7. The fourth-order valence-electron chi connectivity index (χ4n) is 3.05. The number of hydrogen-bond acceptors (Lipinski definition) is 7. The molecule has 0 saturated carbocycles. The Morgan fingerprint density at radius 2 is 1.48 bits per heavy atom. The molecule has 0 radical (unpaired) electrons. The average Bonchev–Trinajstić information content (AvgIpc) is 2.75. The summed E-state index contributed by atoms with van der Waals surface area (Å²) in [6.07, 6.45) is 1.72. The quantitative estimate of drug-likeness (QED) is 0.356. The highest BCUT2D eigenvalue weighted by Crippen LogP contribution is 2.23. The molecule has 8 nitrogen and oxygen atoms in total. The van der Waals surface area contributed by atoms with Crippen molar-refractivity contribution in [1.29, 1.82) is 0 Å². The number of anilines is 5. The molecule has 2 aromatic carbocycles. The number of sulfonamides is 1. The van der Waals surface area contributed by atoms with Crippen molar-refractivity contribution in [2.75, 3.05) is 15.4 Å². The Hall–Kier alpha value is -4.05. The van der Waals surface area contributed by atoms with Crippen LogP contribution in [0.2, 0.25) is 0 Å². The predicted octanol–water partition coefficient (Wildman–Crippen LogP) is 4.92. The smallest absolute Gasteiger partial charge is 0.261 e. The van der Waals surface area contributed by atoms with Gasteiger partial charge in [-0.3, -0.25) is 4.72 Å². The first-order valence-corrected chi connectivity index (χ1v) is 11.5. The number of nitrogens with one attached hydrogen (secondary N) is 3. The van der Waals surface area contributed by atoms with Crippen LogP contribution in [-0.4, -0.2) is 23.4 Å². The summed E-state index contributed by atoms with van der Waals surface area (Å²) >= 11 is 0. The largest absolute Gasteiger partial charge is 0.340 e. The molecule has 0 unspecified atom stereocenters. The van der Waals surface area contributed by atoms with Crippen molar-refractivity contribution in [3.8, 4) is 0 Å². The summed E-state index contributed by atoms with van der Waals surface area (Å²) in [7, 11) is -3.90. The Bertz CT molecular complexity index is 1390. The third-order valence-electron chi connectivity index (χ3n) is 4.53. The first-order chi connectivity index (χ1) is 15.8. The van der Waals surface area contributed by atoms with Crippen LogP contribution in [0.5, 0.6) is 0 Å². The molecular weight excluding hydrogens is 443 g/mol. The third kappa shape index (κ3) is 5.80. The normalized spacial score (nSPS) is 11.1. The maximum absolute atomic E-state index is 13.4. The van der Waals surface area contributed by atoms with Gasteiger partial charge in [0.25, 0.3) is 10.0 Å². The Kier molecular flexibility index (Phi) is 6.18. The van der Waals surface area contributed by atoms with Crippen molar-refractivity contribution >= 4 is 38.9 Å². The zero-order valence-corrected chi connectivity index (χ0v) is 18.7. The molecule has 4 rings (SSSR count). The number of halogens is 1. The summed E-state index contributed by atoms with van der Waals surface area (Å²) in [5.41, 5.74) is 2.11. The van der Waals surface area contributed by atoms with Crippen LogP contribution >= 0.6 is 0 Å². The monoisotopic (exact) mass is 464 g/mol. The highest BCUT2D eigenvalue weighted by atomic mass is 32.2. The van der Waals surface area contributed by atoms with Crippen LogP contribution in [0.3, 0.4) is 0 Å². The minimum absolute atomic E-state index is 0.149. The molecule has 0 fully saturated rings. The molecule has 33 heavy (non-hydrogen) atoms. The van der Waals surface area contributed by atoms with Crippen molar-refractivity contribution in [2.24, 2.45) is 0 Å². The zero-order valence-electron chi connectivity index (χ0n) is 17.9. The van der Waals surface area contributed by atoms with Crippen LogP contribution in [0.1, 0.15) is 11.4 Å². The van der Waals surface area contributed by atoms with Gasteiger partial charge < -0.3 is 10.6 Å². The second-order valence-corrected chi connectivity index (χ2v) is 8.98. The van der Waals surface area contributed by atoms with Gasteiger partial charge in [-0.1, -0.05) is 6.07 Å². The molecule has 168 valence electrons. The van der Waals surface area contributed by atoms with E-state index in [1.807, 2.05) is 19.1 Å². The number of pyridine rings is 1. The Morgan fingerprint density at radius 3 is 2.18 bits per heavy atom. The van der Waals surface area contributed by atoms with Gasteiger partial charge in [0.15, 0.2) is 0 Å². The van der Waals surface area contributed by atoms with Crippen molar-refractivity contribution in [1.82, 2.24) is 15.0 Å². The SMILES string of the molecule is Cc1ccnc(Nc2cc(Nc3ccc(NS(=O)(=O)c4cccc(F)c4)cc3)nc(C)n2)c1. The van der Waals surface area contributed by atoms with Gasteiger partial charge in [-0.05, 0) is 74.0 Å². The van der Waals surface area contributed by atoms with E-state index in [1.165, 1.54) is 18.2 Å². The summed E-state index contributed by atoms with van der Waals surface area (Å²) in [4.78, 5) is 12.9. The molecule has 0 bridgehead atoms. The highest BCUT2D eigenvalue weighted by Gasteiger charge is 2.15. The Balaban J connectivity index is 1.47. The average molecular weight is 465 g/mol. The first kappa shape index (κ1) is 22.2. The third-order valence-corrected chi connectivity index (χ3v) is 5.90. The van der Waals surface area contributed by atoms with Crippen molar-refractivity contribution in [3.05, 3.63) is 90.1 Å². The van der Waals surface area contributed by atoms with Crippen LogP contribution in [-0.2, 0) is 10.0 Å². The molecule has 2 heterocycles. The lowest BCUT2D eigenvalue weighted by atomic mass is 10.3. The van der Waals surface area contributed by atoms with Gasteiger partial charge >= 0.3 is 0 Å². The van der Waals surface area contributed by atoms with E-state index in [4.69, 9.17) is 0 Å². The van der Waals surface area contributed by atoms with E-state index in [9.17, 15) is 12.8 Å². The summed E-state index contributed by atoms with van der Waals surface area (Å²) in [6, 6.07) is 17.0. The van der Waals surface area contributed by atoms with Crippen LogP contribution in [0, 0.1) is 19.7 Å². The second kappa shape index (κ2) is 9.21. The molecule has 0 aliphatic rings. The van der Waals surface area contributed by atoms with E-state index in [2.05, 4.69) is 30.3 Å². The van der Waals surface area contributed by atoms with Gasteiger partial charge in [-0.2, -0.15) is 0 Å². The number of rotatable bonds is 7. The molecule has 0 spiro atoms. The van der Waals surface area contributed by atoms with Gasteiger partial charge in [0.2, 0.25) is 0 Å². The molecular formula is C23H21FN6O2S.